The van der Waals surface area contributed by atoms with Gasteiger partial charge in [-0.15, -0.1) is 0 Å². The smallest absolute Gasteiger partial charge is 0.337 e. The van der Waals surface area contributed by atoms with Gasteiger partial charge in [0.25, 0.3) is 0 Å². The number of anilines is 2. The third-order valence-corrected chi connectivity index (χ3v) is 4.03. The lowest BCUT2D eigenvalue weighted by Gasteiger charge is -2.10. The SMILES string of the molecule is Cc1cccc(Nc2nc3ccccc3c3c(C(=O)O)c[nH]c23)c1. The first-order valence-electron chi connectivity index (χ1n) is 7.60. The lowest BCUT2D eigenvalue weighted by atomic mass is 10.1. The first-order valence-corrected chi connectivity index (χ1v) is 7.60. The van der Waals surface area contributed by atoms with Crippen molar-refractivity contribution in [1.82, 2.24) is 9.97 Å². The summed E-state index contributed by atoms with van der Waals surface area (Å²) in [6.45, 7) is 2.02. The van der Waals surface area contributed by atoms with Crippen LogP contribution >= 0.6 is 0 Å². The van der Waals surface area contributed by atoms with Gasteiger partial charge in [0.1, 0.15) is 0 Å². The fourth-order valence-corrected chi connectivity index (χ4v) is 2.97. The Hall–Kier alpha value is -3.34. The molecule has 4 aromatic rings. The van der Waals surface area contributed by atoms with Crippen molar-refractivity contribution in [2.75, 3.05) is 5.32 Å². The number of benzene rings is 2. The van der Waals surface area contributed by atoms with E-state index in [4.69, 9.17) is 0 Å². The molecule has 118 valence electrons. The minimum atomic E-state index is -0.959. The van der Waals surface area contributed by atoms with Gasteiger partial charge < -0.3 is 15.4 Å². The molecule has 0 aliphatic heterocycles. The summed E-state index contributed by atoms with van der Waals surface area (Å²) in [5.41, 5.74) is 3.73. The molecular weight excluding hydrogens is 302 g/mol. The van der Waals surface area contributed by atoms with Gasteiger partial charge in [0.15, 0.2) is 5.82 Å². The van der Waals surface area contributed by atoms with Crippen molar-refractivity contribution < 1.29 is 9.90 Å². The van der Waals surface area contributed by atoms with Crippen LogP contribution in [-0.2, 0) is 0 Å². The number of rotatable bonds is 3. The van der Waals surface area contributed by atoms with Gasteiger partial charge in [0.2, 0.25) is 0 Å². The molecule has 0 saturated heterocycles. The van der Waals surface area contributed by atoms with Crippen molar-refractivity contribution in [2.45, 2.75) is 6.92 Å². The number of para-hydroxylation sites is 1. The van der Waals surface area contributed by atoms with E-state index in [0.717, 1.165) is 22.2 Å². The standard InChI is InChI=1S/C19H15N3O2/c1-11-5-4-6-12(9-11)21-18-17-16(14(10-20-17)19(23)24)13-7-2-3-8-15(13)22-18/h2-10,20H,1H3,(H,21,22)(H,23,24). The van der Waals surface area contributed by atoms with E-state index in [1.54, 1.807) is 0 Å². The maximum absolute atomic E-state index is 11.6. The molecule has 0 saturated carbocycles. The predicted octanol–water partition coefficient (Wildman–Crippen LogP) is 4.47. The van der Waals surface area contributed by atoms with Crippen LogP contribution in [-0.4, -0.2) is 21.0 Å². The Morgan fingerprint density at radius 1 is 1.17 bits per heavy atom. The molecule has 2 heterocycles. The summed E-state index contributed by atoms with van der Waals surface area (Å²) < 4.78 is 0. The number of hydrogen-bond acceptors (Lipinski definition) is 3. The van der Waals surface area contributed by atoms with E-state index in [2.05, 4.69) is 15.3 Å². The predicted molar refractivity (Wildman–Crippen MR) is 95.0 cm³/mol. The number of fused-ring (bicyclic) bond motifs is 3. The highest BCUT2D eigenvalue weighted by Crippen LogP contribution is 2.32. The molecule has 0 unspecified atom stereocenters. The fraction of sp³-hybridized carbons (Fsp3) is 0.0526. The maximum Gasteiger partial charge on any atom is 0.337 e. The Balaban J connectivity index is 1.99. The van der Waals surface area contributed by atoms with Gasteiger partial charge in [0.05, 0.1) is 16.6 Å². The zero-order valence-electron chi connectivity index (χ0n) is 13.0. The Morgan fingerprint density at radius 2 is 2.00 bits per heavy atom. The Bertz CT molecular complexity index is 1080. The zero-order chi connectivity index (χ0) is 16.7. The van der Waals surface area contributed by atoms with Crippen molar-refractivity contribution in [1.29, 1.82) is 0 Å². The quantitative estimate of drug-likeness (QED) is 0.521. The molecule has 3 N–H and O–H groups in total. The zero-order valence-corrected chi connectivity index (χ0v) is 13.0. The lowest BCUT2D eigenvalue weighted by molar-refractivity contribution is 0.0699. The van der Waals surface area contributed by atoms with Gasteiger partial charge in [-0.3, -0.25) is 0 Å². The monoisotopic (exact) mass is 317 g/mol. The molecule has 0 atom stereocenters. The van der Waals surface area contributed by atoms with Crippen molar-refractivity contribution in [2.24, 2.45) is 0 Å². The van der Waals surface area contributed by atoms with Crippen LogP contribution in [0.2, 0.25) is 0 Å². The Morgan fingerprint density at radius 3 is 2.79 bits per heavy atom. The Labute approximate surface area is 138 Å². The number of pyridine rings is 1. The van der Waals surface area contributed by atoms with Crippen molar-refractivity contribution in [3.8, 4) is 0 Å². The van der Waals surface area contributed by atoms with E-state index in [9.17, 15) is 9.90 Å². The molecule has 5 nitrogen and oxygen atoms in total. The number of aryl methyl sites for hydroxylation is 1. The molecular formula is C19H15N3O2. The Kier molecular flexibility index (Phi) is 3.20. The van der Waals surface area contributed by atoms with Gasteiger partial charge in [0, 0.05) is 22.7 Å². The average molecular weight is 317 g/mol. The van der Waals surface area contributed by atoms with Crippen LogP contribution in [0.25, 0.3) is 21.8 Å². The summed E-state index contributed by atoms with van der Waals surface area (Å²) in [7, 11) is 0. The van der Waals surface area contributed by atoms with Crippen molar-refractivity contribution in [3.05, 3.63) is 65.9 Å². The third-order valence-electron chi connectivity index (χ3n) is 4.03. The van der Waals surface area contributed by atoms with Gasteiger partial charge in [-0.2, -0.15) is 0 Å². The number of carboxylic acid groups (broad SMARTS) is 1. The number of aromatic nitrogens is 2. The first-order chi connectivity index (χ1) is 11.6. The first kappa shape index (κ1) is 14.3. The van der Waals surface area contributed by atoms with Crippen LogP contribution in [0.1, 0.15) is 15.9 Å². The maximum atomic E-state index is 11.6. The highest BCUT2D eigenvalue weighted by Gasteiger charge is 2.17. The second kappa shape index (κ2) is 5.38. The summed E-state index contributed by atoms with van der Waals surface area (Å²) >= 11 is 0. The van der Waals surface area contributed by atoms with Crippen LogP contribution in [0, 0.1) is 6.92 Å². The fourth-order valence-electron chi connectivity index (χ4n) is 2.97. The van der Waals surface area contributed by atoms with E-state index in [-0.39, 0.29) is 5.56 Å². The molecule has 2 aromatic carbocycles. The molecule has 0 aliphatic rings. The molecule has 2 aromatic heterocycles. The summed E-state index contributed by atoms with van der Waals surface area (Å²) in [5.74, 6) is -0.346. The summed E-state index contributed by atoms with van der Waals surface area (Å²) in [5, 5.41) is 14.3. The van der Waals surface area contributed by atoms with Gasteiger partial charge in [-0.1, -0.05) is 30.3 Å². The lowest BCUT2D eigenvalue weighted by Crippen LogP contribution is -1.98. The molecule has 0 spiro atoms. The highest BCUT2D eigenvalue weighted by atomic mass is 16.4. The third kappa shape index (κ3) is 2.27. The summed E-state index contributed by atoms with van der Waals surface area (Å²) in [6, 6.07) is 15.5. The van der Waals surface area contributed by atoms with Crippen molar-refractivity contribution in [3.63, 3.8) is 0 Å². The molecule has 5 heteroatoms. The van der Waals surface area contributed by atoms with E-state index in [1.165, 1.54) is 6.20 Å². The molecule has 4 rings (SSSR count). The van der Waals surface area contributed by atoms with Gasteiger partial charge in [-0.25, -0.2) is 9.78 Å². The number of hydrogen-bond donors (Lipinski definition) is 3. The number of nitrogens with one attached hydrogen (secondary N) is 2. The van der Waals surface area contributed by atoms with E-state index >= 15 is 0 Å². The summed E-state index contributed by atoms with van der Waals surface area (Å²) in [6.07, 6.45) is 1.52. The number of H-pyrrole nitrogens is 1. The summed E-state index contributed by atoms with van der Waals surface area (Å²) in [4.78, 5) is 19.3. The van der Waals surface area contributed by atoms with Gasteiger partial charge in [-0.05, 0) is 30.7 Å². The van der Waals surface area contributed by atoms with E-state index < -0.39 is 5.97 Å². The molecule has 0 bridgehead atoms. The minimum absolute atomic E-state index is 0.246. The second-order valence-corrected chi connectivity index (χ2v) is 5.73. The molecule has 0 radical (unpaired) electrons. The minimum Gasteiger partial charge on any atom is -0.478 e. The molecule has 24 heavy (non-hydrogen) atoms. The number of carbonyl (C=O) groups is 1. The average Bonchev–Trinajstić information content (AvgIpc) is 3.01. The topological polar surface area (TPSA) is 78.0 Å². The van der Waals surface area contributed by atoms with Crippen LogP contribution in [0.15, 0.2) is 54.7 Å². The number of nitrogens with zero attached hydrogens (tertiary/aromatic N) is 1. The van der Waals surface area contributed by atoms with Crippen LogP contribution in [0.3, 0.4) is 0 Å². The van der Waals surface area contributed by atoms with Gasteiger partial charge >= 0.3 is 5.97 Å². The molecule has 0 aliphatic carbocycles. The number of aromatic carboxylic acids is 1. The highest BCUT2D eigenvalue weighted by molar-refractivity contribution is 6.17. The van der Waals surface area contributed by atoms with Crippen molar-refractivity contribution >= 4 is 39.3 Å². The normalized spacial score (nSPS) is 11.0. The molecule has 0 amide bonds. The molecule has 0 fully saturated rings. The number of aromatic amines is 1. The second-order valence-electron chi connectivity index (χ2n) is 5.73. The van der Waals surface area contributed by atoms with Crippen LogP contribution < -0.4 is 5.32 Å². The van der Waals surface area contributed by atoms with E-state index in [0.29, 0.717) is 16.7 Å². The van der Waals surface area contributed by atoms with E-state index in [1.807, 2.05) is 55.5 Å². The number of carboxylic acids is 1. The largest absolute Gasteiger partial charge is 0.478 e. The van der Waals surface area contributed by atoms with Crippen LogP contribution in [0.5, 0.6) is 0 Å². The van der Waals surface area contributed by atoms with Crippen LogP contribution in [0.4, 0.5) is 11.5 Å².